The molecular weight excluding hydrogens is 568 g/mol. The van der Waals surface area contributed by atoms with E-state index in [-0.39, 0.29) is 35.6 Å². The number of halogens is 9. The molecule has 0 aromatic heterocycles. The van der Waals surface area contributed by atoms with Gasteiger partial charge in [-0.3, -0.25) is 4.48 Å². The molecule has 0 radical (unpaired) electrons. The van der Waals surface area contributed by atoms with Crippen LogP contribution in [-0.2, 0) is 18.5 Å². The molecule has 0 unspecified atom stereocenters. The van der Waals surface area contributed by atoms with Crippen molar-refractivity contribution in [1.82, 2.24) is 4.48 Å². The van der Waals surface area contributed by atoms with Crippen LogP contribution < -0.4 is 18.4 Å². The first kappa shape index (κ1) is 32.0. The Morgan fingerprint density at radius 2 is 1.02 bits per heavy atom. The Morgan fingerprint density at radius 1 is 0.585 bits per heavy atom. The third-order valence-electron chi connectivity index (χ3n) is 6.61. The van der Waals surface area contributed by atoms with Crippen LogP contribution in [0.4, 0.5) is 45.2 Å². The van der Waals surface area contributed by atoms with Crippen molar-refractivity contribution in [2.24, 2.45) is 0 Å². The van der Waals surface area contributed by atoms with E-state index in [0.29, 0.717) is 12.1 Å². The van der Waals surface area contributed by atoms with Gasteiger partial charge in [0.05, 0.1) is 30.8 Å². The molecule has 0 saturated heterocycles. The van der Waals surface area contributed by atoms with E-state index in [1.54, 1.807) is 20.8 Å². The van der Waals surface area contributed by atoms with Gasteiger partial charge in [-0.25, -0.2) is 0 Å². The lowest BCUT2D eigenvalue weighted by Crippen LogP contribution is -2.50. The summed E-state index contributed by atoms with van der Waals surface area (Å²) in [6.07, 6.45) is -14.3. The zero-order valence-electron chi connectivity index (χ0n) is 22.1. The third kappa shape index (κ3) is 7.60. The van der Waals surface area contributed by atoms with Crippen LogP contribution in [0.25, 0.3) is 0 Å². The van der Waals surface area contributed by atoms with Gasteiger partial charge in [-0.2, -0.15) is 39.5 Å². The predicted octanol–water partition coefficient (Wildman–Crippen LogP) is 8.63. The maximum absolute atomic E-state index is 14.2. The summed E-state index contributed by atoms with van der Waals surface area (Å²) in [5.41, 5.74) is -3.51. The van der Waals surface area contributed by atoms with E-state index in [2.05, 4.69) is 0 Å². The quantitative estimate of drug-likeness (QED) is 0.134. The van der Waals surface area contributed by atoms with E-state index >= 15 is 0 Å². The molecule has 0 atom stereocenters. The van der Waals surface area contributed by atoms with Crippen LogP contribution in [0, 0.1) is 0 Å². The minimum absolute atomic E-state index is 0.204. The molecule has 3 rings (SSSR count). The summed E-state index contributed by atoms with van der Waals surface area (Å²) >= 11 is 0. The van der Waals surface area contributed by atoms with Crippen molar-refractivity contribution in [2.45, 2.75) is 39.3 Å². The van der Waals surface area contributed by atoms with Gasteiger partial charge < -0.3 is 14.0 Å². The summed E-state index contributed by atoms with van der Waals surface area (Å²) in [4.78, 5) is 0. The lowest BCUT2D eigenvalue weighted by Gasteiger charge is -2.38. The molecule has 41 heavy (non-hydrogen) atoms. The fourth-order valence-corrected chi connectivity index (χ4v) is 4.37. The van der Waals surface area contributed by atoms with Crippen molar-refractivity contribution in [3.05, 3.63) is 83.4 Å². The van der Waals surface area contributed by atoms with Crippen molar-refractivity contribution in [3.8, 4) is 17.2 Å². The molecule has 0 N–H and O–H groups in total. The van der Waals surface area contributed by atoms with Crippen LogP contribution in [0.15, 0.2) is 66.7 Å². The molecule has 0 amide bonds. The van der Waals surface area contributed by atoms with Crippen molar-refractivity contribution >= 4 is 13.0 Å². The summed E-state index contributed by atoms with van der Waals surface area (Å²) in [6.45, 7) is 5.68. The second kappa shape index (κ2) is 12.1. The van der Waals surface area contributed by atoms with Gasteiger partial charge in [-0.05, 0) is 69.3 Å². The van der Waals surface area contributed by atoms with Crippen LogP contribution in [0.5, 0.6) is 17.2 Å². The highest BCUT2D eigenvalue weighted by Gasteiger charge is 2.45. The number of rotatable bonds is 10. The molecule has 3 aromatic rings. The maximum Gasteiger partial charge on any atom is 0.864 e. The topological polar surface area (TPSA) is 27.7 Å². The van der Waals surface area contributed by atoms with E-state index < -0.39 is 54.0 Å². The van der Waals surface area contributed by atoms with Gasteiger partial charge in [0.1, 0.15) is 17.1 Å². The van der Waals surface area contributed by atoms with Gasteiger partial charge in [-0.15, -0.1) is 0 Å². The van der Waals surface area contributed by atoms with Crippen LogP contribution in [0.3, 0.4) is 0 Å². The SMILES string of the molecule is CC[N+](CC)(CC)c1c(OB(Oc2cccc(C(F)(F)F)c2)Oc2cccc(C(F)(F)F)c2)cccc1C(F)(F)F. The van der Waals surface area contributed by atoms with Gasteiger partial charge in [-0.1, -0.05) is 18.2 Å². The van der Waals surface area contributed by atoms with Crippen molar-refractivity contribution in [3.63, 3.8) is 0 Å². The molecule has 4 nitrogen and oxygen atoms in total. The van der Waals surface area contributed by atoms with Gasteiger partial charge in [0, 0.05) is 0 Å². The first-order valence-electron chi connectivity index (χ1n) is 12.5. The van der Waals surface area contributed by atoms with E-state index in [1.165, 1.54) is 6.07 Å². The van der Waals surface area contributed by atoms with Crippen LogP contribution in [-0.4, -0.2) is 27.0 Å². The second-order valence-corrected chi connectivity index (χ2v) is 8.94. The Balaban J connectivity index is 2.15. The van der Waals surface area contributed by atoms with Gasteiger partial charge in [0.2, 0.25) is 0 Å². The Kier molecular flexibility index (Phi) is 9.46. The largest absolute Gasteiger partial charge is 0.864 e. The van der Waals surface area contributed by atoms with Gasteiger partial charge in [0.25, 0.3) is 0 Å². The monoisotopic (exact) mass is 594 g/mol. The number of benzene rings is 3. The fraction of sp³-hybridized carbons (Fsp3) is 0.333. The lowest BCUT2D eigenvalue weighted by atomic mass is 10.1. The summed E-state index contributed by atoms with van der Waals surface area (Å²) in [7, 11) is -2.09. The molecule has 0 aliphatic rings. The summed E-state index contributed by atoms with van der Waals surface area (Å²) in [5, 5.41) is 0. The van der Waals surface area contributed by atoms with E-state index in [4.69, 9.17) is 14.0 Å². The average Bonchev–Trinajstić information content (AvgIpc) is 2.89. The molecular formula is C27H26BF9NO3+. The number of para-hydroxylation sites is 1. The van der Waals surface area contributed by atoms with E-state index in [9.17, 15) is 39.5 Å². The Hall–Kier alpha value is -3.55. The summed E-state index contributed by atoms with van der Waals surface area (Å²) in [5.74, 6) is -1.27. The number of hydrogen-bond acceptors (Lipinski definition) is 3. The molecule has 0 spiro atoms. The van der Waals surface area contributed by atoms with Crippen LogP contribution in [0.1, 0.15) is 37.5 Å². The van der Waals surface area contributed by atoms with Crippen LogP contribution in [0.2, 0.25) is 0 Å². The molecule has 0 fully saturated rings. The van der Waals surface area contributed by atoms with Crippen LogP contribution >= 0.6 is 0 Å². The highest BCUT2D eigenvalue weighted by molar-refractivity contribution is 6.39. The maximum atomic E-state index is 14.2. The van der Waals surface area contributed by atoms with Gasteiger partial charge >= 0.3 is 25.9 Å². The zero-order chi connectivity index (χ0) is 30.6. The molecule has 0 saturated carbocycles. The first-order valence-corrected chi connectivity index (χ1v) is 12.5. The number of hydrogen-bond donors (Lipinski definition) is 0. The van der Waals surface area contributed by atoms with Crippen molar-refractivity contribution in [1.29, 1.82) is 0 Å². The Bertz CT molecular complexity index is 1250. The molecule has 0 aliphatic heterocycles. The molecule has 0 heterocycles. The van der Waals surface area contributed by atoms with E-state index in [0.717, 1.165) is 48.5 Å². The summed E-state index contributed by atoms with van der Waals surface area (Å²) < 4.78 is 139. The normalized spacial score (nSPS) is 12.7. The third-order valence-corrected chi connectivity index (χ3v) is 6.61. The average molecular weight is 594 g/mol. The molecule has 0 aliphatic carbocycles. The predicted molar refractivity (Wildman–Crippen MR) is 135 cm³/mol. The fourth-order valence-electron chi connectivity index (χ4n) is 4.37. The minimum atomic E-state index is -4.81. The van der Waals surface area contributed by atoms with Crippen molar-refractivity contribution in [2.75, 3.05) is 19.6 Å². The molecule has 14 heteroatoms. The Labute approximate surface area is 231 Å². The highest BCUT2D eigenvalue weighted by Crippen LogP contribution is 2.45. The van der Waals surface area contributed by atoms with Crippen molar-refractivity contribution < 1.29 is 53.5 Å². The minimum Gasteiger partial charge on any atom is -0.490 e. The highest BCUT2D eigenvalue weighted by atomic mass is 19.4. The Morgan fingerprint density at radius 3 is 1.41 bits per heavy atom. The standard InChI is InChI=1S/C27H26BF9NO3/c1-4-38(5-2,6-3)24-22(27(35,36)37)14-9-15-23(24)41-28(39-20-12-7-10-18(16-20)25(29,30)31)40-21-13-8-11-19(17-21)26(32,33)34/h7-17H,4-6H2,1-3H3/q+1. The smallest absolute Gasteiger partial charge is 0.490 e. The number of quaternary nitrogens is 1. The lowest BCUT2D eigenvalue weighted by molar-refractivity contribution is -0.138. The molecule has 222 valence electrons. The second-order valence-electron chi connectivity index (χ2n) is 8.94. The molecule has 3 aromatic carbocycles. The first-order chi connectivity index (χ1) is 19.0. The van der Waals surface area contributed by atoms with Gasteiger partial charge in [0.15, 0.2) is 11.4 Å². The zero-order valence-corrected chi connectivity index (χ0v) is 22.1. The number of nitrogens with zero attached hydrogens (tertiary/aromatic N) is 1. The summed E-state index contributed by atoms with van der Waals surface area (Å²) in [6, 6.07) is 10.1. The molecule has 0 bridgehead atoms. The number of alkyl halides is 9. The van der Waals surface area contributed by atoms with E-state index in [1.807, 2.05) is 0 Å².